The van der Waals surface area contributed by atoms with Crippen molar-refractivity contribution < 1.29 is 4.74 Å². The molecule has 1 aromatic carbocycles. The Morgan fingerprint density at radius 1 is 1.38 bits per heavy atom. The summed E-state index contributed by atoms with van der Waals surface area (Å²) in [4.78, 5) is 0. The molecule has 1 fully saturated rings. The second-order valence-corrected chi connectivity index (χ2v) is 6.29. The highest BCUT2D eigenvalue weighted by molar-refractivity contribution is 9.10. The zero-order chi connectivity index (χ0) is 14.8. The van der Waals surface area contributed by atoms with Crippen LogP contribution in [0.4, 0.5) is 0 Å². The fourth-order valence-corrected chi connectivity index (χ4v) is 2.58. The van der Waals surface area contributed by atoms with Gasteiger partial charge in [-0.3, -0.25) is 0 Å². The summed E-state index contributed by atoms with van der Waals surface area (Å²) in [6.07, 6.45) is 2.61. The molecule has 1 aliphatic rings. The molecule has 1 aliphatic carbocycles. The Kier molecular flexibility index (Phi) is 4.26. The van der Waals surface area contributed by atoms with Gasteiger partial charge < -0.3 is 14.6 Å². The lowest BCUT2D eigenvalue weighted by Gasteiger charge is -2.10. The zero-order valence-electron chi connectivity index (χ0n) is 12.3. The number of nitrogens with zero attached hydrogens (tertiary/aromatic N) is 3. The van der Waals surface area contributed by atoms with Crippen molar-refractivity contribution in [3.8, 4) is 5.75 Å². The third kappa shape index (κ3) is 3.63. The summed E-state index contributed by atoms with van der Waals surface area (Å²) < 4.78 is 8.72. The molecule has 0 saturated heterocycles. The van der Waals surface area contributed by atoms with Crippen LogP contribution in [0.25, 0.3) is 0 Å². The first kappa shape index (κ1) is 14.5. The van der Waals surface area contributed by atoms with E-state index in [9.17, 15) is 0 Å². The summed E-state index contributed by atoms with van der Waals surface area (Å²) in [6.45, 7) is 3.25. The molecule has 1 saturated carbocycles. The number of aromatic nitrogens is 3. The van der Waals surface area contributed by atoms with E-state index in [1.807, 2.05) is 24.6 Å². The number of hydrogen-bond acceptors (Lipinski definition) is 4. The van der Waals surface area contributed by atoms with Crippen LogP contribution in [0.1, 0.15) is 30.1 Å². The molecule has 0 spiro atoms. The Bertz CT molecular complexity index is 637. The highest BCUT2D eigenvalue weighted by Gasteiger charge is 2.20. The van der Waals surface area contributed by atoms with Gasteiger partial charge in [0.15, 0.2) is 5.82 Å². The van der Waals surface area contributed by atoms with Crippen molar-refractivity contribution in [3.05, 3.63) is 39.9 Å². The molecule has 21 heavy (non-hydrogen) atoms. The van der Waals surface area contributed by atoms with Crippen LogP contribution >= 0.6 is 15.9 Å². The minimum atomic E-state index is 0.412. The van der Waals surface area contributed by atoms with Gasteiger partial charge in [0.1, 0.15) is 18.2 Å². The second kappa shape index (κ2) is 6.15. The maximum atomic E-state index is 5.82. The average Bonchev–Trinajstić information content (AvgIpc) is 3.25. The van der Waals surface area contributed by atoms with Crippen LogP contribution in [0.15, 0.2) is 22.7 Å². The topological polar surface area (TPSA) is 52.0 Å². The lowest BCUT2D eigenvalue weighted by Crippen LogP contribution is -2.15. The summed E-state index contributed by atoms with van der Waals surface area (Å²) in [5, 5.41) is 11.6. The summed E-state index contributed by atoms with van der Waals surface area (Å²) >= 11 is 3.57. The van der Waals surface area contributed by atoms with Crippen LogP contribution < -0.4 is 10.1 Å². The molecule has 0 atom stereocenters. The lowest BCUT2D eigenvalue weighted by atomic mass is 10.2. The quantitative estimate of drug-likeness (QED) is 0.870. The fraction of sp³-hybridized carbons (Fsp3) is 0.467. The fourth-order valence-electron chi connectivity index (χ4n) is 2.04. The molecule has 6 heteroatoms. The molecule has 0 aliphatic heterocycles. The normalized spacial score (nSPS) is 14.4. The van der Waals surface area contributed by atoms with Gasteiger partial charge in [-0.1, -0.05) is 6.07 Å². The first-order valence-electron chi connectivity index (χ1n) is 7.13. The van der Waals surface area contributed by atoms with Gasteiger partial charge in [-0.05, 0) is 53.4 Å². The summed E-state index contributed by atoms with van der Waals surface area (Å²) in [6, 6.07) is 6.92. The van der Waals surface area contributed by atoms with Gasteiger partial charge in [-0.15, -0.1) is 10.2 Å². The molecule has 5 nitrogen and oxygen atoms in total. The van der Waals surface area contributed by atoms with Crippen molar-refractivity contribution >= 4 is 15.9 Å². The van der Waals surface area contributed by atoms with Crippen LogP contribution in [0.5, 0.6) is 5.75 Å². The van der Waals surface area contributed by atoms with E-state index in [-0.39, 0.29) is 0 Å². The van der Waals surface area contributed by atoms with Crippen LogP contribution in [-0.4, -0.2) is 20.8 Å². The van der Waals surface area contributed by atoms with E-state index in [0.29, 0.717) is 6.61 Å². The average molecular weight is 351 g/mol. The van der Waals surface area contributed by atoms with Gasteiger partial charge in [-0.2, -0.15) is 0 Å². The van der Waals surface area contributed by atoms with Gasteiger partial charge in [0.05, 0.1) is 4.47 Å². The molecular formula is C15H19BrN4O. The second-order valence-electron chi connectivity index (χ2n) is 5.43. The SMILES string of the molecule is Cc1nnc(COc2ccc(CNC3CC3)cc2Br)n1C. The zero-order valence-corrected chi connectivity index (χ0v) is 13.9. The van der Waals surface area contributed by atoms with Crippen LogP contribution in [0.2, 0.25) is 0 Å². The van der Waals surface area contributed by atoms with Crippen LogP contribution in [-0.2, 0) is 20.2 Å². The minimum Gasteiger partial charge on any atom is -0.484 e. The van der Waals surface area contributed by atoms with Gasteiger partial charge in [0, 0.05) is 19.6 Å². The predicted molar refractivity (Wildman–Crippen MR) is 84.1 cm³/mol. The molecule has 0 radical (unpaired) electrons. The number of rotatable bonds is 6. The van der Waals surface area contributed by atoms with Gasteiger partial charge in [0.2, 0.25) is 0 Å². The van der Waals surface area contributed by atoms with Crippen LogP contribution in [0, 0.1) is 6.92 Å². The number of ether oxygens (including phenoxy) is 1. The van der Waals surface area contributed by atoms with E-state index in [4.69, 9.17) is 4.74 Å². The highest BCUT2D eigenvalue weighted by atomic mass is 79.9. The molecule has 1 aromatic heterocycles. The number of halogens is 1. The van der Waals surface area contributed by atoms with E-state index < -0.39 is 0 Å². The maximum absolute atomic E-state index is 5.82. The standard InChI is InChI=1S/C15H19BrN4O/c1-10-18-19-15(20(10)2)9-21-14-6-3-11(7-13(14)16)8-17-12-4-5-12/h3,6-7,12,17H,4-5,8-9H2,1-2H3. The molecule has 1 N–H and O–H groups in total. The van der Waals surface area contributed by atoms with Crippen molar-refractivity contribution in [3.63, 3.8) is 0 Å². The Morgan fingerprint density at radius 2 is 2.19 bits per heavy atom. The lowest BCUT2D eigenvalue weighted by molar-refractivity contribution is 0.289. The Balaban J connectivity index is 1.61. The maximum Gasteiger partial charge on any atom is 0.170 e. The van der Waals surface area contributed by atoms with Crippen LogP contribution in [0.3, 0.4) is 0 Å². The minimum absolute atomic E-state index is 0.412. The van der Waals surface area contributed by atoms with Crippen molar-refractivity contribution in [1.82, 2.24) is 20.1 Å². The Hall–Kier alpha value is -1.40. The third-order valence-corrected chi connectivity index (χ3v) is 4.33. The van der Waals surface area contributed by atoms with Crippen molar-refractivity contribution in [2.24, 2.45) is 7.05 Å². The monoisotopic (exact) mass is 350 g/mol. The Labute approximate surface area is 132 Å². The molecule has 0 unspecified atom stereocenters. The molecule has 0 bridgehead atoms. The summed E-state index contributed by atoms with van der Waals surface area (Å²) in [5.41, 5.74) is 1.26. The number of hydrogen-bond donors (Lipinski definition) is 1. The highest BCUT2D eigenvalue weighted by Crippen LogP contribution is 2.27. The number of nitrogens with one attached hydrogen (secondary N) is 1. The van der Waals surface area contributed by atoms with E-state index in [0.717, 1.165) is 34.5 Å². The molecule has 112 valence electrons. The Morgan fingerprint density at radius 3 is 2.81 bits per heavy atom. The third-order valence-electron chi connectivity index (χ3n) is 3.71. The van der Waals surface area contributed by atoms with Gasteiger partial charge >= 0.3 is 0 Å². The van der Waals surface area contributed by atoms with E-state index in [2.05, 4.69) is 43.6 Å². The van der Waals surface area contributed by atoms with E-state index >= 15 is 0 Å². The molecule has 2 aromatic rings. The first-order valence-corrected chi connectivity index (χ1v) is 7.92. The van der Waals surface area contributed by atoms with Gasteiger partial charge in [0.25, 0.3) is 0 Å². The van der Waals surface area contributed by atoms with Crippen molar-refractivity contribution in [2.45, 2.75) is 39.0 Å². The van der Waals surface area contributed by atoms with E-state index in [1.54, 1.807) is 0 Å². The van der Waals surface area contributed by atoms with Gasteiger partial charge in [-0.25, -0.2) is 0 Å². The molecule has 3 rings (SSSR count). The molecule has 1 heterocycles. The first-order chi connectivity index (χ1) is 10.1. The summed E-state index contributed by atoms with van der Waals surface area (Å²) in [7, 11) is 1.94. The van der Waals surface area contributed by atoms with Crippen molar-refractivity contribution in [1.29, 1.82) is 0 Å². The molecule has 0 amide bonds. The largest absolute Gasteiger partial charge is 0.484 e. The molecular weight excluding hydrogens is 332 g/mol. The van der Waals surface area contributed by atoms with Crippen molar-refractivity contribution in [2.75, 3.05) is 0 Å². The van der Waals surface area contributed by atoms with E-state index in [1.165, 1.54) is 18.4 Å². The number of benzene rings is 1. The number of aryl methyl sites for hydroxylation is 1. The smallest absolute Gasteiger partial charge is 0.170 e. The summed E-state index contributed by atoms with van der Waals surface area (Å²) in [5.74, 6) is 2.53. The predicted octanol–water partition coefficient (Wildman–Crippen LogP) is 2.72.